The SMILES string of the molecule is Cc1ccc([O-])c(C2N=c3ccccc3=N2)c1. The normalized spacial score (nSPS) is 13.9. The third-order valence-electron chi connectivity index (χ3n) is 2.85. The van der Waals surface area contributed by atoms with Gasteiger partial charge in [0.2, 0.25) is 0 Å². The molecule has 1 aliphatic heterocycles. The average Bonchev–Trinajstić information content (AvgIpc) is 2.75. The Kier molecular flexibility index (Phi) is 2.18. The number of aryl methyl sites for hydroxylation is 1. The first kappa shape index (κ1) is 10.0. The molecule has 84 valence electrons. The lowest BCUT2D eigenvalue weighted by molar-refractivity contribution is -0.269. The molecule has 3 nitrogen and oxygen atoms in total. The molecular formula is C14H11N2O-. The van der Waals surface area contributed by atoms with Gasteiger partial charge in [0.05, 0.1) is 10.7 Å². The fourth-order valence-corrected chi connectivity index (χ4v) is 1.98. The molecule has 0 aliphatic carbocycles. The smallest absolute Gasteiger partial charge is 0.166 e. The van der Waals surface area contributed by atoms with Crippen LogP contribution in [-0.2, 0) is 0 Å². The minimum Gasteiger partial charge on any atom is -0.872 e. The van der Waals surface area contributed by atoms with Gasteiger partial charge in [-0.3, -0.25) is 9.98 Å². The number of hydrogen-bond donors (Lipinski definition) is 0. The Morgan fingerprint density at radius 2 is 1.65 bits per heavy atom. The van der Waals surface area contributed by atoms with Crippen LogP contribution in [0.4, 0.5) is 0 Å². The maximum Gasteiger partial charge on any atom is 0.166 e. The third kappa shape index (κ3) is 1.69. The van der Waals surface area contributed by atoms with Gasteiger partial charge in [0.15, 0.2) is 6.17 Å². The molecule has 0 amide bonds. The van der Waals surface area contributed by atoms with Crippen LogP contribution in [0.15, 0.2) is 52.4 Å². The van der Waals surface area contributed by atoms with E-state index in [0.29, 0.717) is 5.56 Å². The molecule has 0 bridgehead atoms. The Morgan fingerprint density at radius 1 is 1.00 bits per heavy atom. The number of rotatable bonds is 1. The predicted molar refractivity (Wildman–Crippen MR) is 62.1 cm³/mol. The third-order valence-corrected chi connectivity index (χ3v) is 2.85. The lowest BCUT2D eigenvalue weighted by Gasteiger charge is -2.15. The fraction of sp³-hybridized carbons (Fsp3) is 0.143. The van der Waals surface area contributed by atoms with Crippen LogP contribution in [0.1, 0.15) is 17.3 Å². The zero-order valence-electron chi connectivity index (χ0n) is 9.42. The van der Waals surface area contributed by atoms with Crippen molar-refractivity contribution in [3.63, 3.8) is 0 Å². The van der Waals surface area contributed by atoms with Gasteiger partial charge in [-0.2, -0.15) is 0 Å². The van der Waals surface area contributed by atoms with Crippen LogP contribution in [0.25, 0.3) is 0 Å². The maximum atomic E-state index is 11.8. The quantitative estimate of drug-likeness (QED) is 0.712. The second kappa shape index (κ2) is 3.70. The minimum atomic E-state index is -0.375. The zero-order valence-corrected chi connectivity index (χ0v) is 9.42. The van der Waals surface area contributed by atoms with Crippen molar-refractivity contribution in [1.82, 2.24) is 0 Å². The second-order valence-corrected chi connectivity index (χ2v) is 4.16. The van der Waals surface area contributed by atoms with Gasteiger partial charge in [-0.05, 0) is 24.6 Å². The van der Waals surface area contributed by atoms with E-state index in [9.17, 15) is 5.11 Å². The summed E-state index contributed by atoms with van der Waals surface area (Å²) in [5.74, 6) is 0.000839. The van der Waals surface area contributed by atoms with Crippen LogP contribution in [0.2, 0.25) is 0 Å². The van der Waals surface area contributed by atoms with Gasteiger partial charge in [0.25, 0.3) is 0 Å². The molecule has 0 atom stereocenters. The van der Waals surface area contributed by atoms with Crippen molar-refractivity contribution < 1.29 is 5.11 Å². The lowest BCUT2D eigenvalue weighted by Crippen LogP contribution is -2.19. The number of para-hydroxylation sites is 2. The highest BCUT2D eigenvalue weighted by atomic mass is 16.3. The van der Waals surface area contributed by atoms with Crippen molar-refractivity contribution in [2.45, 2.75) is 13.1 Å². The summed E-state index contributed by atoms with van der Waals surface area (Å²) in [5, 5.41) is 13.5. The van der Waals surface area contributed by atoms with Crippen molar-refractivity contribution in [2.75, 3.05) is 0 Å². The largest absolute Gasteiger partial charge is 0.872 e. The van der Waals surface area contributed by atoms with E-state index in [4.69, 9.17) is 0 Å². The topological polar surface area (TPSA) is 47.8 Å². The molecule has 0 fully saturated rings. The van der Waals surface area contributed by atoms with Gasteiger partial charge >= 0.3 is 0 Å². The van der Waals surface area contributed by atoms with Crippen LogP contribution in [0.3, 0.4) is 0 Å². The molecule has 1 aliphatic rings. The van der Waals surface area contributed by atoms with Crippen molar-refractivity contribution >= 4 is 0 Å². The molecule has 0 saturated heterocycles. The first-order chi connectivity index (χ1) is 8.24. The molecule has 0 N–H and O–H groups in total. The minimum absolute atomic E-state index is 0.000839. The lowest BCUT2D eigenvalue weighted by atomic mass is 10.1. The number of fused-ring (bicyclic) bond motifs is 1. The average molecular weight is 223 g/mol. The molecule has 0 aromatic heterocycles. The van der Waals surface area contributed by atoms with Gasteiger partial charge in [-0.1, -0.05) is 35.9 Å². The van der Waals surface area contributed by atoms with Crippen LogP contribution in [-0.4, -0.2) is 0 Å². The summed E-state index contributed by atoms with van der Waals surface area (Å²) < 4.78 is 0. The number of nitrogens with zero attached hydrogens (tertiary/aromatic N) is 2. The van der Waals surface area contributed by atoms with Crippen molar-refractivity contribution in [2.24, 2.45) is 9.98 Å². The van der Waals surface area contributed by atoms with Crippen LogP contribution in [0, 0.1) is 6.92 Å². The van der Waals surface area contributed by atoms with Crippen LogP contribution in [0.5, 0.6) is 5.75 Å². The van der Waals surface area contributed by atoms with Gasteiger partial charge in [-0.15, -0.1) is 5.75 Å². The highest BCUT2D eigenvalue weighted by Crippen LogP contribution is 2.27. The van der Waals surface area contributed by atoms with E-state index < -0.39 is 0 Å². The molecule has 0 saturated carbocycles. The van der Waals surface area contributed by atoms with Gasteiger partial charge in [-0.25, -0.2) is 0 Å². The highest BCUT2D eigenvalue weighted by molar-refractivity contribution is 5.37. The molecule has 0 unspecified atom stereocenters. The molecule has 0 spiro atoms. The second-order valence-electron chi connectivity index (χ2n) is 4.16. The molecule has 0 radical (unpaired) electrons. The molecule has 3 rings (SSSR count). The monoisotopic (exact) mass is 223 g/mol. The van der Waals surface area contributed by atoms with E-state index in [1.807, 2.05) is 43.3 Å². The summed E-state index contributed by atoms with van der Waals surface area (Å²) in [7, 11) is 0. The van der Waals surface area contributed by atoms with Crippen LogP contribution < -0.4 is 15.8 Å². The summed E-state index contributed by atoms with van der Waals surface area (Å²) in [6.07, 6.45) is -0.375. The van der Waals surface area contributed by atoms with E-state index in [2.05, 4.69) is 9.98 Å². The highest BCUT2D eigenvalue weighted by Gasteiger charge is 2.12. The Hall–Kier alpha value is -2.16. The van der Waals surface area contributed by atoms with E-state index in [1.165, 1.54) is 0 Å². The van der Waals surface area contributed by atoms with E-state index in [0.717, 1.165) is 16.3 Å². The van der Waals surface area contributed by atoms with Gasteiger partial charge in [0.1, 0.15) is 0 Å². The molecule has 1 heterocycles. The predicted octanol–water partition coefficient (Wildman–Crippen LogP) is 1.02. The zero-order chi connectivity index (χ0) is 11.8. The van der Waals surface area contributed by atoms with Crippen molar-refractivity contribution in [1.29, 1.82) is 0 Å². The summed E-state index contributed by atoms with van der Waals surface area (Å²) in [5.41, 5.74) is 1.71. The van der Waals surface area contributed by atoms with Crippen molar-refractivity contribution in [3.05, 3.63) is 64.3 Å². The Bertz CT molecular complexity index is 657. The fourth-order valence-electron chi connectivity index (χ4n) is 1.98. The van der Waals surface area contributed by atoms with E-state index in [-0.39, 0.29) is 11.9 Å². The summed E-state index contributed by atoms with van der Waals surface area (Å²) in [6, 6.07) is 12.9. The van der Waals surface area contributed by atoms with Crippen molar-refractivity contribution in [3.8, 4) is 5.75 Å². The number of hydrogen-bond acceptors (Lipinski definition) is 3. The molecule has 2 aromatic rings. The summed E-state index contributed by atoms with van der Waals surface area (Å²) in [4.78, 5) is 8.91. The summed E-state index contributed by atoms with van der Waals surface area (Å²) >= 11 is 0. The van der Waals surface area contributed by atoms with Gasteiger partial charge < -0.3 is 5.11 Å². The summed E-state index contributed by atoms with van der Waals surface area (Å²) in [6.45, 7) is 1.96. The van der Waals surface area contributed by atoms with Gasteiger partial charge in [0, 0.05) is 0 Å². The standard InChI is InChI=1S/C14H12N2O/c1-9-6-7-13(17)10(8-9)14-15-11-4-2-3-5-12(11)16-14/h2-8,14,17H,1H3/p-1. The molecule has 3 heteroatoms. The number of benzene rings is 2. The Morgan fingerprint density at radius 3 is 2.29 bits per heavy atom. The molecule has 17 heavy (non-hydrogen) atoms. The Balaban J connectivity index is 2.14. The first-order valence-electron chi connectivity index (χ1n) is 5.52. The molecular weight excluding hydrogens is 212 g/mol. The molecule has 2 aromatic carbocycles. The van der Waals surface area contributed by atoms with E-state index in [1.54, 1.807) is 6.07 Å². The Labute approximate surface area is 98.8 Å². The van der Waals surface area contributed by atoms with E-state index >= 15 is 0 Å². The van der Waals surface area contributed by atoms with Crippen LogP contribution >= 0.6 is 0 Å². The maximum absolute atomic E-state index is 11.8. The first-order valence-corrected chi connectivity index (χ1v) is 5.52.